The smallest absolute Gasteiger partial charge is 0.123 e. The van der Waals surface area contributed by atoms with Crippen molar-refractivity contribution in [3.63, 3.8) is 0 Å². The summed E-state index contributed by atoms with van der Waals surface area (Å²) < 4.78 is 6.05. The van der Waals surface area contributed by atoms with Gasteiger partial charge in [0, 0.05) is 0 Å². The Hall–Kier alpha value is -0.980. The molecular weight excluding hydrogens is 220 g/mol. The Morgan fingerprint density at radius 3 is 2.00 bits per heavy atom. The number of rotatable bonds is 2. The van der Waals surface area contributed by atoms with Crippen LogP contribution in [0.5, 0.6) is 5.75 Å². The molecule has 0 saturated heterocycles. The Morgan fingerprint density at radius 1 is 0.944 bits per heavy atom. The first-order valence-corrected chi connectivity index (χ1v) is 6.99. The molecule has 0 bridgehead atoms. The predicted octanol–water partition coefficient (Wildman–Crippen LogP) is 4.82. The van der Waals surface area contributed by atoms with E-state index >= 15 is 0 Å². The normalized spacial score (nSPS) is 16.8. The van der Waals surface area contributed by atoms with Gasteiger partial charge in [0.05, 0.1) is 6.10 Å². The van der Waals surface area contributed by atoms with E-state index < -0.39 is 0 Å². The molecule has 0 atom stereocenters. The van der Waals surface area contributed by atoms with Gasteiger partial charge in [-0.05, 0) is 40.9 Å². The van der Waals surface area contributed by atoms with Crippen molar-refractivity contribution in [1.29, 1.82) is 0 Å². The molecule has 0 N–H and O–H groups in total. The van der Waals surface area contributed by atoms with Crippen molar-refractivity contribution >= 4 is 0 Å². The second-order valence-corrected chi connectivity index (χ2v) is 7.53. The maximum absolute atomic E-state index is 6.05. The van der Waals surface area contributed by atoms with Gasteiger partial charge in [0.15, 0.2) is 0 Å². The predicted molar refractivity (Wildman–Crippen MR) is 77.5 cm³/mol. The Kier molecular flexibility index (Phi) is 3.21. The van der Waals surface area contributed by atoms with Gasteiger partial charge in [-0.15, -0.1) is 0 Å². The number of hydrogen-bond donors (Lipinski definition) is 0. The summed E-state index contributed by atoms with van der Waals surface area (Å²) in [5.74, 6) is 1.08. The molecule has 1 heteroatoms. The van der Waals surface area contributed by atoms with E-state index in [0.29, 0.717) is 6.10 Å². The Bertz CT molecular complexity index is 428. The Morgan fingerprint density at radius 2 is 1.56 bits per heavy atom. The Balaban J connectivity index is 2.41. The topological polar surface area (TPSA) is 9.23 Å². The van der Waals surface area contributed by atoms with E-state index in [1.54, 1.807) is 0 Å². The Labute approximate surface area is 112 Å². The third-order valence-corrected chi connectivity index (χ3v) is 3.47. The zero-order valence-electron chi connectivity index (χ0n) is 12.6. The van der Waals surface area contributed by atoms with Gasteiger partial charge in [-0.25, -0.2) is 0 Å². The van der Waals surface area contributed by atoms with E-state index in [2.05, 4.69) is 59.7 Å². The van der Waals surface area contributed by atoms with E-state index in [1.165, 1.54) is 24.0 Å². The minimum Gasteiger partial charge on any atom is -0.490 e. The standard InChI is InChI=1S/C17H26O/c1-16(2,3)12-7-10-15(18-13-8-9-13)14(11-12)17(4,5)6/h7,10-11,13H,8-9H2,1-6H3. The third-order valence-electron chi connectivity index (χ3n) is 3.47. The maximum atomic E-state index is 6.05. The van der Waals surface area contributed by atoms with Crippen LogP contribution in [0.3, 0.4) is 0 Å². The zero-order chi connectivity index (χ0) is 13.6. The van der Waals surface area contributed by atoms with Crippen molar-refractivity contribution in [3.05, 3.63) is 29.3 Å². The molecule has 0 amide bonds. The van der Waals surface area contributed by atoms with Crippen LogP contribution in [-0.4, -0.2) is 6.10 Å². The van der Waals surface area contributed by atoms with Gasteiger partial charge in [0.2, 0.25) is 0 Å². The molecule has 0 unspecified atom stereocenters. The van der Waals surface area contributed by atoms with E-state index in [9.17, 15) is 0 Å². The molecule has 0 spiro atoms. The summed E-state index contributed by atoms with van der Waals surface area (Å²) in [6, 6.07) is 6.71. The summed E-state index contributed by atoms with van der Waals surface area (Å²) in [4.78, 5) is 0. The molecule has 100 valence electrons. The molecule has 1 aromatic carbocycles. The molecule has 1 fully saturated rings. The quantitative estimate of drug-likeness (QED) is 0.726. The van der Waals surface area contributed by atoms with Crippen LogP contribution in [-0.2, 0) is 10.8 Å². The average molecular weight is 246 g/mol. The zero-order valence-corrected chi connectivity index (χ0v) is 12.6. The number of benzene rings is 1. The molecule has 1 aromatic rings. The fourth-order valence-corrected chi connectivity index (χ4v) is 2.05. The fourth-order valence-electron chi connectivity index (χ4n) is 2.05. The summed E-state index contributed by atoms with van der Waals surface area (Å²) in [5.41, 5.74) is 3.04. The monoisotopic (exact) mass is 246 g/mol. The molecule has 18 heavy (non-hydrogen) atoms. The molecule has 1 aliphatic rings. The SMILES string of the molecule is CC(C)(C)c1ccc(OC2CC2)c(C(C)(C)C)c1. The van der Waals surface area contributed by atoms with Crippen molar-refractivity contribution in [2.45, 2.75) is 71.3 Å². The minimum atomic E-state index is 0.130. The van der Waals surface area contributed by atoms with Gasteiger partial charge < -0.3 is 4.74 Å². The first-order valence-electron chi connectivity index (χ1n) is 6.99. The fraction of sp³-hybridized carbons (Fsp3) is 0.647. The number of hydrogen-bond acceptors (Lipinski definition) is 1. The van der Waals surface area contributed by atoms with Gasteiger partial charge in [0.25, 0.3) is 0 Å². The summed E-state index contributed by atoms with van der Waals surface area (Å²) in [7, 11) is 0. The van der Waals surface area contributed by atoms with Gasteiger partial charge in [0.1, 0.15) is 5.75 Å². The summed E-state index contributed by atoms with van der Waals surface area (Å²) in [6.45, 7) is 13.6. The van der Waals surface area contributed by atoms with Gasteiger partial charge in [-0.1, -0.05) is 53.7 Å². The second kappa shape index (κ2) is 4.29. The van der Waals surface area contributed by atoms with Crippen LogP contribution >= 0.6 is 0 Å². The molecule has 0 heterocycles. The third kappa shape index (κ3) is 3.07. The van der Waals surface area contributed by atoms with E-state index in [4.69, 9.17) is 4.74 Å². The van der Waals surface area contributed by atoms with Gasteiger partial charge >= 0.3 is 0 Å². The van der Waals surface area contributed by atoms with Crippen LogP contribution in [0.1, 0.15) is 65.5 Å². The summed E-state index contributed by atoms with van der Waals surface area (Å²) in [5, 5.41) is 0. The van der Waals surface area contributed by atoms with Crippen molar-refractivity contribution < 1.29 is 4.74 Å². The molecule has 1 aliphatic carbocycles. The van der Waals surface area contributed by atoms with Crippen LogP contribution in [0.2, 0.25) is 0 Å². The molecule has 0 aromatic heterocycles. The molecular formula is C17H26O. The van der Waals surface area contributed by atoms with Crippen LogP contribution in [0.25, 0.3) is 0 Å². The minimum absolute atomic E-state index is 0.130. The van der Waals surface area contributed by atoms with E-state index in [-0.39, 0.29) is 10.8 Å². The highest BCUT2D eigenvalue weighted by atomic mass is 16.5. The highest BCUT2D eigenvalue weighted by molar-refractivity contribution is 5.43. The van der Waals surface area contributed by atoms with Gasteiger partial charge in [-0.2, -0.15) is 0 Å². The second-order valence-electron chi connectivity index (χ2n) is 7.53. The molecule has 0 aliphatic heterocycles. The van der Waals surface area contributed by atoms with Crippen LogP contribution < -0.4 is 4.74 Å². The lowest BCUT2D eigenvalue weighted by molar-refractivity contribution is 0.294. The molecule has 0 radical (unpaired) electrons. The van der Waals surface area contributed by atoms with Gasteiger partial charge in [-0.3, -0.25) is 0 Å². The average Bonchev–Trinajstić information content (AvgIpc) is 2.98. The molecule has 2 rings (SSSR count). The van der Waals surface area contributed by atoms with E-state index in [1.807, 2.05) is 0 Å². The van der Waals surface area contributed by atoms with Crippen LogP contribution in [0, 0.1) is 0 Å². The largest absolute Gasteiger partial charge is 0.490 e. The van der Waals surface area contributed by atoms with E-state index in [0.717, 1.165) is 5.75 Å². The first-order chi connectivity index (χ1) is 8.18. The maximum Gasteiger partial charge on any atom is 0.123 e. The van der Waals surface area contributed by atoms with Crippen molar-refractivity contribution in [3.8, 4) is 5.75 Å². The summed E-state index contributed by atoms with van der Waals surface area (Å²) >= 11 is 0. The first kappa shape index (κ1) is 13.5. The number of ether oxygens (including phenoxy) is 1. The summed E-state index contributed by atoms with van der Waals surface area (Å²) in [6.07, 6.45) is 2.89. The molecule has 1 nitrogen and oxygen atoms in total. The lowest BCUT2D eigenvalue weighted by atomic mass is 9.80. The van der Waals surface area contributed by atoms with Crippen LogP contribution in [0.4, 0.5) is 0 Å². The molecule has 1 saturated carbocycles. The lowest BCUT2D eigenvalue weighted by Crippen LogP contribution is -2.18. The highest BCUT2D eigenvalue weighted by Crippen LogP contribution is 2.38. The van der Waals surface area contributed by atoms with Crippen molar-refractivity contribution in [2.24, 2.45) is 0 Å². The highest BCUT2D eigenvalue weighted by Gasteiger charge is 2.28. The van der Waals surface area contributed by atoms with Crippen molar-refractivity contribution in [2.75, 3.05) is 0 Å². The van der Waals surface area contributed by atoms with Crippen LogP contribution in [0.15, 0.2) is 18.2 Å². The lowest BCUT2D eigenvalue weighted by Gasteiger charge is -2.27. The van der Waals surface area contributed by atoms with Crippen molar-refractivity contribution in [1.82, 2.24) is 0 Å².